The number of aromatic nitrogens is 2. The van der Waals surface area contributed by atoms with E-state index in [2.05, 4.69) is 15.5 Å². The van der Waals surface area contributed by atoms with Crippen molar-refractivity contribution in [3.8, 4) is 0 Å². The first kappa shape index (κ1) is 12.6. The topological polar surface area (TPSA) is 51.0 Å². The molecule has 0 aliphatic carbocycles. The van der Waals surface area contributed by atoms with Gasteiger partial charge in [-0.3, -0.25) is 0 Å². The van der Waals surface area contributed by atoms with Gasteiger partial charge < -0.3 is 9.84 Å². The van der Waals surface area contributed by atoms with E-state index < -0.39 is 0 Å². The minimum absolute atomic E-state index is 0.206. The SMILES string of the molecule is Fc1ccc(SCc2noc([C@@H]3CCCN3)n2)cc1. The fraction of sp³-hybridized carbons (Fsp3) is 0.385. The van der Waals surface area contributed by atoms with Gasteiger partial charge in [0.05, 0.1) is 11.8 Å². The Bertz CT molecular complexity index is 537. The highest BCUT2D eigenvalue weighted by Gasteiger charge is 2.22. The normalized spacial score (nSPS) is 18.9. The van der Waals surface area contributed by atoms with Crippen LogP contribution in [0, 0.1) is 5.82 Å². The molecule has 0 saturated carbocycles. The van der Waals surface area contributed by atoms with Crippen molar-refractivity contribution in [2.75, 3.05) is 6.54 Å². The van der Waals surface area contributed by atoms with E-state index in [9.17, 15) is 4.39 Å². The second-order valence-electron chi connectivity index (χ2n) is 4.44. The predicted molar refractivity (Wildman–Crippen MR) is 70.2 cm³/mol. The molecule has 1 N–H and O–H groups in total. The fourth-order valence-electron chi connectivity index (χ4n) is 2.04. The van der Waals surface area contributed by atoms with Crippen LogP contribution in [0.25, 0.3) is 0 Å². The van der Waals surface area contributed by atoms with Gasteiger partial charge >= 0.3 is 0 Å². The van der Waals surface area contributed by atoms with Gasteiger partial charge in [-0.15, -0.1) is 11.8 Å². The highest BCUT2D eigenvalue weighted by molar-refractivity contribution is 7.98. The average molecular weight is 279 g/mol. The Labute approximate surface area is 114 Å². The summed E-state index contributed by atoms with van der Waals surface area (Å²) in [5.74, 6) is 1.76. The van der Waals surface area contributed by atoms with Gasteiger partial charge in [0.25, 0.3) is 0 Å². The van der Waals surface area contributed by atoms with Gasteiger partial charge in [-0.2, -0.15) is 4.98 Å². The minimum Gasteiger partial charge on any atom is -0.338 e. The monoisotopic (exact) mass is 279 g/mol. The molecule has 0 bridgehead atoms. The van der Waals surface area contributed by atoms with E-state index >= 15 is 0 Å². The van der Waals surface area contributed by atoms with Crippen molar-refractivity contribution in [1.82, 2.24) is 15.5 Å². The summed E-state index contributed by atoms with van der Waals surface area (Å²) in [6.07, 6.45) is 2.19. The maximum atomic E-state index is 12.8. The molecule has 6 heteroatoms. The summed E-state index contributed by atoms with van der Waals surface area (Å²) in [6, 6.07) is 6.61. The summed E-state index contributed by atoms with van der Waals surface area (Å²) in [5.41, 5.74) is 0. The van der Waals surface area contributed by atoms with Crippen LogP contribution in [-0.2, 0) is 5.75 Å². The second kappa shape index (κ2) is 5.71. The van der Waals surface area contributed by atoms with Crippen LogP contribution in [0.2, 0.25) is 0 Å². The fourth-order valence-corrected chi connectivity index (χ4v) is 2.78. The number of thioether (sulfide) groups is 1. The summed E-state index contributed by atoms with van der Waals surface area (Å²) in [4.78, 5) is 5.38. The van der Waals surface area contributed by atoms with Crippen LogP contribution in [0.3, 0.4) is 0 Å². The minimum atomic E-state index is -0.224. The third kappa shape index (κ3) is 3.13. The number of nitrogens with zero attached hydrogens (tertiary/aromatic N) is 2. The van der Waals surface area contributed by atoms with Gasteiger partial charge in [0, 0.05) is 4.90 Å². The quantitative estimate of drug-likeness (QED) is 0.872. The largest absolute Gasteiger partial charge is 0.338 e. The Morgan fingerprint density at radius 2 is 2.21 bits per heavy atom. The van der Waals surface area contributed by atoms with Crippen LogP contribution in [0.4, 0.5) is 4.39 Å². The van der Waals surface area contributed by atoms with E-state index in [0.717, 1.165) is 24.3 Å². The molecule has 1 saturated heterocycles. The van der Waals surface area contributed by atoms with Crippen molar-refractivity contribution < 1.29 is 8.91 Å². The molecule has 1 aromatic carbocycles. The third-order valence-electron chi connectivity index (χ3n) is 3.02. The molecule has 0 amide bonds. The van der Waals surface area contributed by atoms with Gasteiger partial charge in [-0.25, -0.2) is 4.39 Å². The van der Waals surface area contributed by atoms with Crippen LogP contribution < -0.4 is 5.32 Å². The molecule has 100 valence electrons. The van der Waals surface area contributed by atoms with Gasteiger partial charge in [-0.05, 0) is 43.7 Å². The predicted octanol–water partition coefficient (Wildman–Crippen LogP) is 2.93. The van der Waals surface area contributed by atoms with Gasteiger partial charge in [0.15, 0.2) is 5.82 Å². The molecular weight excluding hydrogens is 265 g/mol. The molecular formula is C13H14FN3OS. The highest BCUT2D eigenvalue weighted by Crippen LogP contribution is 2.24. The molecule has 1 atom stereocenters. The number of hydrogen-bond donors (Lipinski definition) is 1. The molecule has 2 aromatic rings. The smallest absolute Gasteiger partial charge is 0.243 e. The lowest BCUT2D eigenvalue weighted by atomic mass is 10.2. The Kier molecular flexibility index (Phi) is 3.79. The molecule has 4 nitrogen and oxygen atoms in total. The van der Waals surface area contributed by atoms with Crippen molar-refractivity contribution in [1.29, 1.82) is 0 Å². The molecule has 0 unspecified atom stereocenters. The summed E-state index contributed by atoms with van der Waals surface area (Å²) < 4.78 is 18.0. The lowest BCUT2D eigenvalue weighted by Gasteiger charge is -2.01. The first-order valence-electron chi connectivity index (χ1n) is 6.25. The van der Waals surface area contributed by atoms with Crippen LogP contribution in [-0.4, -0.2) is 16.7 Å². The highest BCUT2D eigenvalue weighted by atomic mass is 32.2. The van der Waals surface area contributed by atoms with Crippen molar-refractivity contribution in [3.63, 3.8) is 0 Å². The maximum Gasteiger partial charge on any atom is 0.243 e. The Morgan fingerprint density at radius 1 is 1.37 bits per heavy atom. The lowest BCUT2D eigenvalue weighted by Crippen LogP contribution is -2.13. The summed E-state index contributed by atoms with van der Waals surface area (Å²) in [6.45, 7) is 1.01. The van der Waals surface area contributed by atoms with Crippen LogP contribution >= 0.6 is 11.8 Å². The first-order valence-corrected chi connectivity index (χ1v) is 7.24. The molecule has 0 spiro atoms. The van der Waals surface area contributed by atoms with E-state index in [1.807, 2.05) is 0 Å². The number of benzene rings is 1. The molecule has 1 aliphatic rings. The Morgan fingerprint density at radius 3 is 2.95 bits per heavy atom. The lowest BCUT2D eigenvalue weighted by molar-refractivity contribution is 0.342. The summed E-state index contributed by atoms with van der Waals surface area (Å²) in [7, 11) is 0. The maximum absolute atomic E-state index is 12.8. The Hall–Kier alpha value is -1.40. The molecule has 1 aliphatic heterocycles. The zero-order valence-corrected chi connectivity index (χ0v) is 11.1. The van der Waals surface area contributed by atoms with Crippen LogP contribution in [0.5, 0.6) is 0 Å². The molecule has 19 heavy (non-hydrogen) atoms. The van der Waals surface area contributed by atoms with Crippen LogP contribution in [0.1, 0.15) is 30.6 Å². The van der Waals surface area contributed by atoms with Crippen molar-refractivity contribution in [3.05, 3.63) is 41.8 Å². The standard InChI is InChI=1S/C13H14FN3OS/c14-9-3-5-10(6-4-9)19-8-12-16-13(18-17-12)11-2-1-7-15-11/h3-6,11,15H,1-2,7-8H2/t11-/m0/s1. The first-order chi connectivity index (χ1) is 9.31. The summed E-state index contributed by atoms with van der Waals surface area (Å²) >= 11 is 1.57. The van der Waals surface area contributed by atoms with Crippen molar-refractivity contribution in [2.45, 2.75) is 29.5 Å². The van der Waals surface area contributed by atoms with Gasteiger partial charge in [0.2, 0.25) is 5.89 Å². The summed E-state index contributed by atoms with van der Waals surface area (Å²) in [5, 5.41) is 7.29. The third-order valence-corrected chi connectivity index (χ3v) is 4.03. The van der Waals surface area contributed by atoms with Gasteiger partial charge in [0.1, 0.15) is 5.82 Å². The molecule has 3 rings (SSSR count). The van der Waals surface area contributed by atoms with Crippen molar-refractivity contribution >= 4 is 11.8 Å². The van der Waals surface area contributed by atoms with E-state index in [1.54, 1.807) is 23.9 Å². The Balaban J connectivity index is 1.59. The van der Waals surface area contributed by atoms with Crippen molar-refractivity contribution in [2.24, 2.45) is 0 Å². The number of nitrogens with one attached hydrogen (secondary N) is 1. The number of rotatable bonds is 4. The molecule has 0 radical (unpaired) electrons. The van der Waals surface area contributed by atoms with E-state index in [-0.39, 0.29) is 11.9 Å². The van der Waals surface area contributed by atoms with Gasteiger partial charge in [-0.1, -0.05) is 5.16 Å². The van der Waals surface area contributed by atoms with E-state index in [4.69, 9.17) is 4.52 Å². The van der Waals surface area contributed by atoms with Crippen LogP contribution in [0.15, 0.2) is 33.7 Å². The number of halogens is 1. The molecule has 1 aromatic heterocycles. The average Bonchev–Trinajstić information content (AvgIpc) is 3.09. The number of hydrogen-bond acceptors (Lipinski definition) is 5. The second-order valence-corrected chi connectivity index (χ2v) is 5.49. The zero-order valence-electron chi connectivity index (χ0n) is 10.3. The van der Waals surface area contributed by atoms with E-state index in [1.165, 1.54) is 12.1 Å². The zero-order chi connectivity index (χ0) is 13.1. The van der Waals surface area contributed by atoms with E-state index in [0.29, 0.717) is 17.5 Å². The molecule has 1 fully saturated rings. The molecule has 2 heterocycles.